The van der Waals surface area contributed by atoms with Gasteiger partial charge in [0.1, 0.15) is 0 Å². The number of anilines is 1. The number of carbonyl (C=O) groups is 1. The Labute approximate surface area is 126 Å². The number of fused-ring (bicyclic) bond motifs is 1. The Balaban J connectivity index is 1.81. The van der Waals surface area contributed by atoms with E-state index < -0.39 is 0 Å². The molecular formula is C16H12ClN3O. The highest BCUT2D eigenvalue weighted by molar-refractivity contribution is 6.17. The Bertz CT molecular complexity index is 787. The molecule has 1 aromatic heterocycles. The third-order valence-electron chi connectivity index (χ3n) is 3.10. The highest BCUT2D eigenvalue weighted by Crippen LogP contribution is 2.16. The van der Waals surface area contributed by atoms with Crippen molar-refractivity contribution >= 4 is 34.2 Å². The molecule has 0 aliphatic rings. The van der Waals surface area contributed by atoms with Gasteiger partial charge in [-0.1, -0.05) is 12.1 Å². The first-order valence-electron chi connectivity index (χ1n) is 6.43. The standard InChI is InChI=1S/C16H12ClN3O/c17-10-11-1-3-12(4-2-11)16(21)20-13-5-6-14-15(9-13)19-8-7-18-14/h1-9H,10H2,(H,20,21). The first kappa shape index (κ1) is 13.5. The van der Waals surface area contributed by atoms with Gasteiger partial charge in [-0.05, 0) is 35.9 Å². The second-order valence-corrected chi connectivity index (χ2v) is 4.81. The summed E-state index contributed by atoms with van der Waals surface area (Å²) < 4.78 is 0. The fourth-order valence-electron chi connectivity index (χ4n) is 1.99. The lowest BCUT2D eigenvalue weighted by Crippen LogP contribution is -2.11. The fourth-order valence-corrected chi connectivity index (χ4v) is 2.17. The summed E-state index contributed by atoms with van der Waals surface area (Å²) in [5.41, 5.74) is 3.79. The van der Waals surface area contributed by atoms with Crippen LogP contribution in [0.1, 0.15) is 15.9 Å². The van der Waals surface area contributed by atoms with Crippen LogP contribution in [0.4, 0.5) is 5.69 Å². The second kappa shape index (κ2) is 5.89. The number of halogens is 1. The minimum absolute atomic E-state index is 0.167. The van der Waals surface area contributed by atoms with Gasteiger partial charge in [0, 0.05) is 29.5 Å². The molecule has 0 bridgehead atoms. The molecule has 0 aliphatic heterocycles. The Hall–Kier alpha value is -2.46. The lowest BCUT2D eigenvalue weighted by atomic mass is 10.1. The molecule has 0 fully saturated rings. The molecule has 3 aromatic rings. The molecule has 21 heavy (non-hydrogen) atoms. The van der Waals surface area contributed by atoms with E-state index in [0.29, 0.717) is 17.1 Å². The van der Waals surface area contributed by atoms with E-state index in [1.165, 1.54) is 0 Å². The van der Waals surface area contributed by atoms with Crippen molar-refractivity contribution in [3.63, 3.8) is 0 Å². The van der Waals surface area contributed by atoms with Gasteiger partial charge in [0.2, 0.25) is 0 Å². The molecule has 104 valence electrons. The average Bonchev–Trinajstić information content (AvgIpc) is 2.55. The lowest BCUT2D eigenvalue weighted by molar-refractivity contribution is 0.102. The van der Waals surface area contributed by atoms with Crippen LogP contribution < -0.4 is 5.32 Å². The smallest absolute Gasteiger partial charge is 0.255 e. The van der Waals surface area contributed by atoms with E-state index in [4.69, 9.17) is 11.6 Å². The molecule has 0 radical (unpaired) electrons. The molecule has 0 aliphatic carbocycles. The van der Waals surface area contributed by atoms with E-state index in [1.807, 2.05) is 24.3 Å². The summed E-state index contributed by atoms with van der Waals surface area (Å²) in [7, 11) is 0. The van der Waals surface area contributed by atoms with Crippen molar-refractivity contribution in [3.05, 3.63) is 66.0 Å². The van der Waals surface area contributed by atoms with Crippen molar-refractivity contribution < 1.29 is 4.79 Å². The number of rotatable bonds is 3. The van der Waals surface area contributed by atoms with Crippen molar-refractivity contribution in [2.75, 3.05) is 5.32 Å². The van der Waals surface area contributed by atoms with Crippen LogP contribution in [0.15, 0.2) is 54.9 Å². The fraction of sp³-hybridized carbons (Fsp3) is 0.0625. The van der Waals surface area contributed by atoms with Crippen LogP contribution in [0.5, 0.6) is 0 Å². The van der Waals surface area contributed by atoms with Gasteiger partial charge in [0.05, 0.1) is 11.0 Å². The van der Waals surface area contributed by atoms with Gasteiger partial charge in [0.25, 0.3) is 5.91 Å². The first-order chi connectivity index (χ1) is 10.3. The van der Waals surface area contributed by atoms with Crippen LogP contribution in [0.25, 0.3) is 11.0 Å². The van der Waals surface area contributed by atoms with Crippen molar-refractivity contribution in [3.8, 4) is 0 Å². The summed E-state index contributed by atoms with van der Waals surface area (Å²) in [6.07, 6.45) is 3.26. The van der Waals surface area contributed by atoms with E-state index in [2.05, 4.69) is 15.3 Å². The molecule has 3 rings (SSSR count). The summed E-state index contributed by atoms with van der Waals surface area (Å²) in [6, 6.07) is 12.6. The topological polar surface area (TPSA) is 54.9 Å². The highest BCUT2D eigenvalue weighted by atomic mass is 35.5. The summed E-state index contributed by atoms with van der Waals surface area (Å²) in [6.45, 7) is 0. The average molecular weight is 298 g/mol. The monoisotopic (exact) mass is 297 g/mol. The Kier molecular flexibility index (Phi) is 3.79. The molecule has 0 spiro atoms. The minimum atomic E-state index is -0.167. The quantitative estimate of drug-likeness (QED) is 0.751. The molecular weight excluding hydrogens is 286 g/mol. The van der Waals surface area contributed by atoms with Crippen LogP contribution in [-0.2, 0) is 5.88 Å². The van der Waals surface area contributed by atoms with Gasteiger partial charge in [0.15, 0.2) is 0 Å². The van der Waals surface area contributed by atoms with Gasteiger partial charge in [-0.2, -0.15) is 0 Å². The molecule has 0 unspecified atom stereocenters. The summed E-state index contributed by atoms with van der Waals surface area (Å²) in [4.78, 5) is 20.6. The number of aromatic nitrogens is 2. The number of nitrogens with zero attached hydrogens (tertiary/aromatic N) is 2. The summed E-state index contributed by atoms with van der Waals surface area (Å²) >= 11 is 5.73. The number of alkyl halides is 1. The number of carbonyl (C=O) groups excluding carboxylic acids is 1. The van der Waals surface area contributed by atoms with E-state index in [-0.39, 0.29) is 5.91 Å². The third kappa shape index (κ3) is 3.01. The molecule has 0 saturated heterocycles. The van der Waals surface area contributed by atoms with Crippen molar-refractivity contribution in [1.82, 2.24) is 9.97 Å². The largest absolute Gasteiger partial charge is 0.322 e. The Morgan fingerprint density at radius 3 is 2.43 bits per heavy atom. The van der Waals surface area contributed by atoms with E-state index in [9.17, 15) is 4.79 Å². The predicted octanol–water partition coefficient (Wildman–Crippen LogP) is 3.62. The van der Waals surface area contributed by atoms with E-state index in [1.54, 1.807) is 30.6 Å². The first-order valence-corrected chi connectivity index (χ1v) is 6.97. The van der Waals surface area contributed by atoms with Crippen LogP contribution in [0.2, 0.25) is 0 Å². The van der Waals surface area contributed by atoms with Gasteiger partial charge >= 0.3 is 0 Å². The molecule has 1 N–H and O–H groups in total. The number of hydrogen-bond acceptors (Lipinski definition) is 3. The van der Waals surface area contributed by atoms with E-state index in [0.717, 1.165) is 16.6 Å². The van der Waals surface area contributed by atoms with Crippen molar-refractivity contribution in [1.29, 1.82) is 0 Å². The van der Waals surface area contributed by atoms with Gasteiger partial charge in [-0.25, -0.2) is 0 Å². The maximum Gasteiger partial charge on any atom is 0.255 e. The predicted molar refractivity (Wildman–Crippen MR) is 83.5 cm³/mol. The molecule has 1 heterocycles. The van der Waals surface area contributed by atoms with Crippen molar-refractivity contribution in [2.45, 2.75) is 5.88 Å². The number of nitrogens with one attached hydrogen (secondary N) is 1. The van der Waals surface area contributed by atoms with Gasteiger partial charge in [-0.15, -0.1) is 11.6 Å². The molecule has 0 saturated carbocycles. The summed E-state index contributed by atoms with van der Waals surface area (Å²) in [5.74, 6) is 0.269. The maximum absolute atomic E-state index is 12.2. The Morgan fingerprint density at radius 2 is 1.71 bits per heavy atom. The summed E-state index contributed by atoms with van der Waals surface area (Å²) in [5, 5.41) is 2.85. The van der Waals surface area contributed by atoms with E-state index >= 15 is 0 Å². The SMILES string of the molecule is O=C(Nc1ccc2nccnc2c1)c1ccc(CCl)cc1. The maximum atomic E-state index is 12.2. The number of hydrogen-bond donors (Lipinski definition) is 1. The third-order valence-corrected chi connectivity index (χ3v) is 3.41. The van der Waals surface area contributed by atoms with Gasteiger partial charge < -0.3 is 5.32 Å². The van der Waals surface area contributed by atoms with Crippen LogP contribution in [-0.4, -0.2) is 15.9 Å². The number of benzene rings is 2. The zero-order chi connectivity index (χ0) is 14.7. The second-order valence-electron chi connectivity index (χ2n) is 4.54. The lowest BCUT2D eigenvalue weighted by Gasteiger charge is -2.06. The van der Waals surface area contributed by atoms with Crippen LogP contribution in [0, 0.1) is 0 Å². The zero-order valence-electron chi connectivity index (χ0n) is 11.1. The molecule has 0 atom stereocenters. The molecule has 2 aromatic carbocycles. The number of amides is 1. The Morgan fingerprint density at radius 1 is 1.00 bits per heavy atom. The van der Waals surface area contributed by atoms with Crippen LogP contribution >= 0.6 is 11.6 Å². The zero-order valence-corrected chi connectivity index (χ0v) is 11.8. The molecule has 4 nitrogen and oxygen atoms in total. The van der Waals surface area contributed by atoms with Gasteiger partial charge in [-0.3, -0.25) is 14.8 Å². The normalized spacial score (nSPS) is 10.5. The van der Waals surface area contributed by atoms with Crippen LogP contribution in [0.3, 0.4) is 0 Å². The minimum Gasteiger partial charge on any atom is -0.322 e. The molecule has 5 heteroatoms. The molecule has 1 amide bonds. The van der Waals surface area contributed by atoms with Crippen molar-refractivity contribution in [2.24, 2.45) is 0 Å². The highest BCUT2D eigenvalue weighted by Gasteiger charge is 2.06.